The third kappa shape index (κ3) is 3.50. The summed E-state index contributed by atoms with van der Waals surface area (Å²) in [7, 11) is 0. The van der Waals surface area contributed by atoms with Crippen LogP contribution in [0.1, 0.15) is 46.6 Å². The molecular weight excluding hydrogens is 469 g/mol. The van der Waals surface area contributed by atoms with Crippen LogP contribution in [0.5, 0.6) is 0 Å². The largest absolute Gasteiger partial charge is 0.450 e. The van der Waals surface area contributed by atoms with Gasteiger partial charge in [-0.1, -0.05) is 60.5 Å². The van der Waals surface area contributed by atoms with E-state index in [0.717, 1.165) is 17.0 Å². The maximum absolute atomic E-state index is 13.5. The Kier molecular flexibility index (Phi) is 5.28. The lowest BCUT2D eigenvalue weighted by molar-refractivity contribution is 0.0970. The zero-order chi connectivity index (χ0) is 22.6. The van der Waals surface area contributed by atoms with E-state index >= 15 is 0 Å². The number of halogens is 2. The topological polar surface area (TPSA) is 76.3 Å². The maximum Gasteiger partial charge on any atom is 0.297 e. The van der Waals surface area contributed by atoms with Crippen LogP contribution in [0.15, 0.2) is 51.7 Å². The fourth-order valence-corrected chi connectivity index (χ4v) is 5.25. The summed E-state index contributed by atoms with van der Waals surface area (Å²) in [5, 5.41) is 11.1. The van der Waals surface area contributed by atoms with Crippen molar-refractivity contribution in [3.63, 3.8) is 0 Å². The van der Waals surface area contributed by atoms with E-state index in [-0.39, 0.29) is 16.8 Å². The summed E-state index contributed by atoms with van der Waals surface area (Å²) >= 11 is 13.5. The molecule has 162 valence electrons. The van der Waals surface area contributed by atoms with Gasteiger partial charge in [-0.15, -0.1) is 10.2 Å². The number of fused-ring (bicyclic) bond motifs is 2. The molecule has 1 atom stereocenters. The van der Waals surface area contributed by atoms with Crippen molar-refractivity contribution in [3.05, 3.63) is 84.6 Å². The molecule has 0 N–H and O–H groups in total. The van der Waals surface area contributed by atoms with Crippen LogP contribution < -0.4 is 10.3 Å². The van der Waals surface area contributed by atoms with Crippen molar-refractivity contribution in [1.82, 2.24) is 10.2 Å². The molecule has 2 aromatic carbocycles. The molecule has 0 saturated carbocycles. The Bertz CT molecular complexity index is 1410. The molecule has 0 radical (unpaired) electrons. The zero-order valence-corrected chi connectivity index (χ0v) is 19.5. The number of carbonyl (C=O) groups excluding carboxylic acids is 1. The predicted molar refractivity (Wildman–Crippen MR) is 126 cm³/mol. The van der Waals surface area contributed by atoms with Crippen LogP contribution in [0.4, 0.5) is 5.13 Å². The molecule has 4 aromatic rings. The second-order valence-electron chi connectivity index (χ2n) is 8.02. The van der Waals surface area contributed by atoms with Crippen LogP contribution >= 0.6 is 34.5 Å². The van der Waals surface area contributed by atoms with E-state index in [1.807, 2.05) is 0 Å². The number of amides is 1. The fourth-order valence-electron chi connectivity index (χ4n) is 3.88. The number of nitrogens with zero attached hydrogens (tertiary/aromatic N) is 3. The summed E-state index contributed by atoms with van der Waals surface area (Å²) in [5.74, 6) is -0.0286. The second kappa shape index (κ2) is 7.99. The molecule has 0 unspecified atom stereocenters. The third-order valence-corrected chi connectivity index (χ3v) is 6.69. The first-order chi connectivity index (χ1) is 15.3. The minimum atomic E-state index is -0.714. The molecule has 0 spiro atoms. The number of anilines is 1. The summed E-state index contributed by atoms with van der Waals surface area (Å²) in [6.07, 6.45) is 0.748. The van der Waals surface area contributed by atoms with Crippen LogP contribution in [0.3, 0.4) is 0 Å². The molecule has 1 aliphatic rings. The van der Waals surface area contributed by atoms with Crippen molar-refractivity contribution in [2.75, 3.05) is 4.90 Å². The van der Waals surface area contributed by atoms with Crippen LogP contribution in [0, 0.1) is 5.92 Å². The summed E-state index contributed by atoms with van der Waals surface area (Å²) in [4.78, 5) is 28.5. The first kappa shape index (κ1) is 21.1. The van der Waals surface area contributed by atoms with Gasteiger partial charge >= 0.3 is 0 Å². The number of hydrogen-bond donors (Lipinski definition) is 0. The van der Waals surface area contributed by atoms with Crippen molar-refractivity contribution in [1.29, 1.82) is 0 Å². The van der Waals surface area contributed by atoms with E-state index in [9.17, 15) is 9.59 Å². The molecule has 0 aliphatic carbocycles. The molecule has 32 heavy (non-hydrogen) atoms. The number of aromatic nitrogens is 2. The summed E-state index contributed by atoms with van der Waals surface area (Å²) in [5.41, 5.74) is 0.982. The number of carbonyl (C=O) groups is 1. The molecule has 3 heterocycles. The monoisotopic (exact) mass is 485 g/mol. The van der Waals surface area contributed by atoms with E-state index in [2.05, 4.69) is 24.0 Å². The molecule has 0 fully saturated rings. The average molecular weight is 486 g/mol. The quantitative estimate of drug-likeness (QED) is 0.359. The van der Waals surface area contributed by atoms with Gasteiger partial charge in [0.15, 0.2) is 5.43 Å². The van der Waals surface area contributed by atoms with Gasteiger partial charge in [-0.25, -0.2) is 0 Å². The molecule has 1 amide bonds. The molecule has 0 bridgehead atoms. The van der Waals surface area contributed by atoms with Gasteiger partial charge in [0, 0.05) is 16.5 Å². The molecule has 6 nitrogen and oxygen atoms in total. The molecule has 9 heteroatoms. The Morgan fingerprint density at radius 2 is 1.78 bits per heavy atom. The zero-order valence-electron chi connectivity index (χ0n) is 17.1. The molecule has 0 saturated heterocycles. The van der Waals surface area contributed by atoms with Crippen molar-refractivity contribution < 1.29 is 9.21 Å². The number of benzene rings is 2. The van der Waals surface area contributed by atoms with Crippen LogP contribution in [0.2, 0.25) is 10.0 Å². The van der Waals surface area contributed by atoms with Crippen molar-refractivity contribution in [2.24, 2.45) is 5.92 Å². The first-order valence-corrected chi connectivity index (χ1v) is 11.6. The van der Waals surface area contributed by atoms with Gasteiger partial charge in [0.1, 0.15) is 10.6 Å². The Hall–Kier alpha value is -2.74. The van der Waals surface area contributed by atoms with Gasteiger partial charge < -0.3 is 4.42 Å². The predicted octanol–water partition coefficient (Wildman–Crippen LogP) is 5.90. The second-order valence-corrected chi connectivity index (χ2v) is 9.93. The minimum Gasteiger partial charge on any atom is -0.450 e. The lowest BCUT2D eigenvalue weighted by atomic mass is 9.99. The van der Waals surface area contributed by atoms with Gasteiger partial charge in [-0.3, -0.25) is 14.5 Å². The highest BCUT2D eigenvalue weighted by atomic mass is 35.5. The summed E-state index contributed by atoms with van der Waals surface area (Å²) < 4.78 is 5.93. The van der Waals surface area contributed by atoms with Gasteiger partial charge in [-0.05, 0) is 41.8 Å². The summed E-state index contributed by atoms with van der Waals surface area (Å²) in [6, 6.07) is 11.1. The fraction of sp³-hybridized carbons (Fsp3) is 0.217. The van der Waals surface area contributed by atoms with E-state index < -0.39 is 11.9 Å². The minimum absolute atomic E-state index is 0.00498. The average Bonchev–Trinajstić information content (AvgIpc) is 3.31. The lowest BCUT2D eigenvalue weighted by Crippen LogP contribution is -2.29. The SMILES string of the molecule is CC(C)Cc1nnc(N2C(=O)c3oc4ccc(Cl)cc4c(=O)c3[C@@H]2c2ccc(Cl)cc2)s1. The molecule has 2 aromatic heterocycles. The Labute approximate surface area is 197 Å². The highest BCUT2D eigenvalue weighted by molar-refractivity contribution is 7.15. The smallest absolute Gasteiger partial charge is 0.297 e. The Balaban J connectivity index is 1.74. The van der Waals surface area contributed by atoms with E-state index in [0.29, 0.717) is 32.1 Å². The molecular formula is C23H17Cl2N3O3S. The van der Waals surface area contributed by atoms with Gasteiger partial charge in [0.2, 0.25) is 10.9 Å². The number of rotatable bonds is 4. The van der Waals surface area contributed by atoms with Gasteiger partial charge in [0.25, 0.3) is 5.91 Å². The number of hydrogen-bond acceptors (Lipinski definition) is 6. The van der Waals surface area contributed by atoms with Crippen LogP contribution in [-0.4, -0.2) is 16.1 Å². The van der Waals surface area contributed by atoms with Crippen molar-refractivity contribution in [3.8, 4) is 0 Å². The Morgan fingerprint density at radius 1 is 1.06 bits per heavy atom. The van der Waals surface area contributed by atoms with Gasteiger partial charge in [-0.2, -0.15) is 0 Å². The molecule has 1 aliphatic heterocycles. The normalized spacial score (nSPS) is 15.7. The summed E-state index contributed by atoms with van der Waals surface area (Å²) in [6.45, 7) is 4.18. The maximum atomic E-state index is 13.5. The van der Waals surface area contributed by atoms with Crippen LogP contribution in [-0.2, 0) is 6.42 Å². The third-order valence-electron chi connectivity index (χ3n) is 5.26. The van der Waals surface area contributed by atoms with E-state index in [1.165, 1.54) is 16.2 Å². The lowest BCUT2D eigenvalue weighted by Gasteiger charge is -2.22. The van der Waals surface area contributed by atoms with E-state index in [1.54, 1.807) is 42.5 Å². The van der Waals surface area contributed by atoms with E-state index in [4.69, 9.17) is 27.6 Å². The highest BCUT2D eigenvalue weighted by Crippen LogP contribution is 2.42. The molecule has 5 rings (SSSR count). The van der Waals surface area contributed by atoms with Gasteiger partial charge in [0.05, 0.1) is 17.0 Å². The van der Waals surface area contributed by atoms with Crippen molar-refractivity contribution in [2.45, 2.75) is 26.3 Å². The highest BCUT2D eigenvalue weighted by Gasteiger charge is 2.45. The standard InChI is InChI=1S/C23H17Cl2N3O3S/c1-11(2)9-17-26-27-23(32-17)28-19(12-3-5-13(24)6-4-12)18-20(29)15-10-14(25)7-8-16(15)31-21(18)22(28)30/h3-8,10-11,19H,9H2,1-2H3/t19-/m0/s1. The first-order valence-electron chi connectivity index (χ1n) is 10.0. The Morgan fingerprint density at radius 3 is 2.50 bits per heavy atom. The van der Waals surface area contributed by atoms with Crippen molar-refractivity contribution >= 4 is 56.5 Å². The van der Waals surface area contributed by atoms with Crippen LogP contribution in [0.25, 0.3) is 11.0 Å².